The van der Waals surface area contributed by atoms with Gasteiger partial charge in [0.2, 0.25) is 0 Å². The molecule has 1 aliphatic heterocycles. The van der Waals surface area contributed by atoms with Crippen LogP contribution in [-0.4, -0.2) is 48.7 Å². The van der Waals surface area contributed by atoms with Gasteiger partial charge in [0.15, 0.2) is 11.5 Å². The fourth-order valence-electron chi connectivity index (χ4n) is 4.22. The maximum atomic E-state index is 13.0. The molecule has 0 unspecified atom stereocenters. The van der Waals surface area contributed by atoms with Crippen LogP contribution in [-0.2, 0) is 13.6 Å². The van der Waals surface area contributed by atoms with Crippen LogP contribution in [0.25, 0.3) is 10.9 Å². The van der Waals surface area contributed by atoms with E-state index in [-0.39, 0.29) is 11.9 Å². The number of carbonyl (C=O) groups excluding carboxylic acids is 1. The number of rotatable bonds is 6. The molecule has 3 aromatic rings. The lowest BCUT2D eigenvalue weighted by atomic mass is 10.0. The summed E-state index contributed by atoms with van der Waals surface area (Å²) in [6, 6.07) is 16.5. The van der Waals surface area contributed by atoms with Crippen LogP contribution in [0.2, 0.25) is 0 Å². The second-order valence-corrected chi connectivity index (χ2v) is 7.86. The first kappa shape index (κ1) is 20.3. The van der Waals surface area contributed by atoms with Crippen molar-refractivity contribution in [3.63, 3.8) is 0 Å². The third kappa shape index (κ3) is 4.14. The zero-order chi connectivity index (χ0) is 21.1. The Balaban J connectivity index is 1.41. The summed E-state index contributed by atoms with van der Waals surface area (Å²) in [5.74, 6) is 1.28. The van der Waals surface area contributed by atoms with Crippen LogP contribution in [0.3, 0.4) is 0 Å². The van der Waals surface area contributed by atoms with Gasteiger partial charge in [-0.15, -0.1) is 0 Å². The summed E-state index contributed by atoms with van der Waals surface area (Å²) in [5.41, 5.74) is 2.92. The Hall–Kier alpha value is -2.99. The lowest BCUT2D eigenvalue weighted by molar-refractivity contribution is 0.0901. The summed E-state index contributed by atoms with van der Waals surface area (Å²) < 4.78 is 12.7. The second kappa shape index (κ2) is 8.79. The fraction of sp³-hybridized carbons (Fsp3) is 0.375. The number of piperidine rings is 1. The van der Waals surface area contributed by atoms with Gasteiger partial charge in [0, 0.05) is 44.2 Å². The highest BCUT2D eigenvalue weighted by Gasteiger charge is 2.23. The van der Waals surface area contributed by atoms with Crippen LogP contribution >= 0.6 is 0 Å². The zero-order valence-electron chi connectivity index (χ0n) is 17.9. The van der Waals surface area contributed by atoms with Gasteiger partial charge in [-0.2, -0.15) is 0 Å². The number of aromatic nitrogens is 1. The van der Waals surface area contributed by atoms with Gasteiger partial charge in [0.1, 0.15) is 5.69 Å². The van der Waals surface area contributed by atoms with Gasteiger partial charge in [-0.1, -0.05) is 30.3 Å². The molecular weight excluding hydrogens is 378 g/mol. The Morgan fingerprint density at radius 1 is 1.03 bits per heavy atom. The van der Waals surface area contributed by atoms with Crippen molar-refractivity contribution in [2.45, 2.75) is 25.4 Å². The number of methoxy groups -OCH3 is 2. The average Bonchev–Trinajstić information content (AvgIpc) is 3.10. The van der Waals surface area contributed by atoms with Gasteiger partial charge in [-0.25, -0.2) is 0 Å². The Morgan fingerprint density at radius 3 is 2.37 bits per heavy atom. The molecule has 6 nitrogen and oxygen atoms in total. The van der Waals surface area contributed by atoms with Gasteiger partial charge in [0.25, 0.3) is 5.91 Å². The van der Waals surface area contributed by atoms with Crippen LogP contribution < -0.4 is 14.8 Å². The van der Waals surface area contributed by atoms with Crippen molar-refractivity contribution >= 4 is 16.8 Å². The molecule has 0 radical (unpaired) electrons. The van der Waals surface area contributed by atoms with Crippen molar-refractivity contribution < 1.29 is 14.3 Å². The quantitative estimate of drug-likeness (QED) is 0.679. The molecule has 1 N–H and O–H groups in total. The van der Waals surface area contributed by atoms with E-state index in [1.807, 2.05) is 35.9 Å². The summed E-state index contributed by atoms with van der Waals surface area (Å²) in [7, 11) is 5.14. The van der Waals surface area contributed by atoms with Gasteiger partial charge in [0.05, 0.1) is 19.7 Å². The Bertz CT molecular complexity index is 1020. The molecule has 1 aliphatic rings. The molecule has 1 saturated heterocycles. The molecule has 1 amide bonds. The molecular formula is C24H29N3O3. The molecule has 0 saturated carbocycles. The van der Waals surface area contributed by atoms with Crippen LogP contribution in [0.5, 0.6) is 11.5 Å². The zero-order valence-corrected chi connectivity index (χ0v) is 17.9. The molecule has 2 aromatic carbocycles. The van der Waals surface area contributed by atoms with E-state index in [1.165, 1.54) is 5.56 Å². The third-order valence-electron chi connectivity index (χ3n) is 5.95. The van der Waals surface area contributed by atoms with Crippen LogP contribution in [0, 0.1) is 0 Å². The first-order valence-corrected chi connectivity index (χ1v) is 10.4. The van der Waals surface area contributed by atoms with Gasteiger partial charge >= 0.3 is 0 Å². The Morgan fingerprint density at radius 2 is 1.70 bits per heavy atom. The number of aryl methyl sites for hydroxylation is 1. The van der Waals surface area contributed by atoms with Crippen molar-refractivity contribution in [3.05, 3.63) is 59.8 Å². The lowest BCUT2D eigenvalue weighted by Gasteiger charge is -2.32. The summed E-state index contributed by atoms with van der Waals surface area (Å²) in [4.78, 5) is 15.4. The van der Waals surface area contributed by atoms with Crippen LogP contribution in [0.4, 0.5) is 0 Å². The van der Waals surface area contributed by atoms with Crippen molar-refractivity contribution in [1.82, 2.24) is 14.8 Å². The number of nitrogens with one attached hydrogen (secondary N) is 1. The monoisotopic (exact) mass is 407 g/mol. The van der Waals surface area contributed by atoms with Crippen molar-refractivity contribution in [3.8, 4) is 11.5 Å². The first-order chi connectivity index (χ1) is 14.6. The highest BCUT2D eigenvalue weighted by molar-refractivity contribution is 5.99. The average molecular weight is 408 g/mol. The smallest absolute Gasteiger partial charge is 0.268 e. The number of likely N-dealkylation sites (tertiary alicyclic amines) is 1. The number of nitrogens with zero attached hydrogens (tertiary/aromatic N) is 2. The molecule has 0 aliphatic carbocycles. The van der Waals surface area contributed by atoms with Gasteiger partial charge < -0.3 is 19.4 Å². The largest absolute Gasteiger partial charge is 0.493 e. The minimum Gasteiger partial charge on any atom is -0.493 e. The predicted octanol–water partition coefficient (Wildman–Crippen LogP) is 3.59. The molecule has 0 bridgehead atoms. The van der Waals surface area contributed by atoms with E-state index in [4.69, 9.17) is 9.47 Å². The van der Waals surface area contributed by atoms with E-state index in [0.29, 0.717) is 17.2 Å². The number of hydrogen-bond donors (Lipinski definition) is 1. The Labute approximate surface area is 177 Å². The standard InChI is InChI=1S/C24H29N3O3/c1-26-20-15-23(30-3)22(29-2)14-18(20)13-21(26)24(28)25-19-9-11-27(12-10-19)16-17-7-5-4-6-8-17/h4-8,13-15,19H,9-12,16H2,1-3H3,(H,25,28). The number of hydrogen-bond acceptors (Lipinski definition) is 4. The molecule has 1 aromatic heterocycles. The van der Waals surface area contributed by atoms with E-state index in [0.717, 1.165) is 43.4 Å². The topological polar surface area (TPSA) is 55.7 Å². The minimum atomic E-state index is -0.0341. The molecule has 1 fully saturated rings. The summed E-state index contributed by atoms with van der Waals surface area (Å²) in [6.07, 6.45) is 1.92. The number of fused-ring (bicyclic) bond motifs is 1. The second-order valence-electron chi connectivity index (χ2n) is 7.86. The predicted molar refractivity (Wildman–Crippen MR) is 118 cm³/mol. The van der Waals surface area contributed by atoms with Gasteiger partial charge in [-0.3, -0.25) is 9.69 Å². The van der Waals surface area contributed by atoms with Gasteiger partial charge in [-0.05, 0) is 30.5 Å². The highest BCUT2D eigenvalue weighted by atomic mass is 16.5. The fourth-order valence-corrected chi connectivity index (χ4v) is 4.22. The molecule has 6 heteroatoms. The van der Waals surface area contributed by atoms with Crippen LogP contribution in [0.15, 0.2) is 48.5 Å². The third-order valence-corrected chi connectivity index (χ3v) is 5.95. The maximum absolute atomic E-state index is 13.0. The normalized spacial score (nSPS) is 15.3. The number of amides is 1. The summed E-state index contributed by atoms with van der Waals surface area (Å²) in [5, 5.41) is 4.19. The molecule has 158 valence electrons. The van der Waals surface area contributed by atoms with Crippen molar-refractivity contribution in [2.75, 3.05) is 27.3 Å². The van der Waals surface area contributed by atoms with E-state index in [9.17, 15) is 4.79 Å². The number of carbonyl (C=O) groups is 1. The Kier molecular flexibility index (Phi) is 5.95. The number of benzene rings is 2. The summed E-state index contributed by atoms with van der Waals surface area (Å²) in [6.45, 7) is 2.95. The highest BCUT2D eigenvalue weighted by Crippen LogP contribution is 2.33. The maximum Gasteiger partial charge on any atom is 0.268 e. The SMILES string of the molecule is COc1cc2cc(C(=O)NC3CCN(Cc4ccccc4)CC3)n(C)c2cc1OC. The van der Waals surface area contributed by atoms with Crippen molar-refractivity contribution in [2.24, 2.45) is 7.05 Å². The van der Waals surface area contributed by atoms with Crippen LogP contribution in [0.1, 0.15) is 28.9 Å². The number of ether oxygens (including phenoxy) is 2. The molecule has 0 atom stereocenters. The minimum absolute atomic E-state index is 0.0341. The van der Waals surface area contributed by atoms with E-state index >= 15 is 0 Å². The molecule has 0 spiro atoms. The van der Waals surface area contributed by atoms with Crippen molar-refractivity contribution in [1.29, 1.82) is 0 Å². The molecule has 4 rings (SSSR count). The molecule has 30 heavy (non-hydrogen) atoms. The summed E-state index contributed by atoms with van der Waals surface area (Å²) >= 11 is 0. The van der Waals surface area contributed by atoms with E-state index in [1.54, 1.807) is 14.2 Å². The molecule has 2 heterocycles. The lowest BCUT2D eigenvalue weighted by Crippen LogP contribution is -2.44. The van der Waals surface area contributed by atoms with E-state index in [2.05, 4.69) is 34.5 Å². The van der Waals surface area contributed by atoms with E-state index < -0.39 is 0 Å². The first-order valence-electron chi connectivity index (χ1n) is 10.4.